The number of pyridine rings is 3. The Bertz CT molecular complexity index is 7330. The molecule has 2 aliphatic heterocycles. The van der Waals surface area contributed by atoms with Gasteiger partial charge in [-0.3, -0.25) is 14.9 Å². The molecule has 1 unspecified atom stereocenters. The number of halogens is 2. The van der Waals surface area contributed by atoms with Crippen molar-refractivity contribution >= 4 is 137 Å². The van der Waals surface area contributed by atoms with E-state index in [0.29, 0.717) is 49.6 Å². The van der Waals surface area contributed by atoms with Crippen LogP contribution in [0.2, 0.25) is 0 Å². The summed E-state index contributed by atoms with van der Waals surface area (Å²) in [5.41, 5.74) is 34.7. The Hall–Kier alpha value is -15.8. The van der Waals surface area contributed by atoms with Crippen LogP contribution in [-0.4, -0.2) is 22.3 Å². The van der Waals surface area contributed by atoms with Crippen molar-refractivity contribution in [3.05, 3.63) is 474 Å². The second-order valence-corrected chi connectivity index (χ2v) is 34.6. The molecule has 3 aromatic heterocycles. The van der Waals surface area contributed by atoms with Crippen LogP contribution in [0.4, 0.5) is 54.3 Å². The Balaban J connectivity index is 0.000000128. The second kappa shape index (κ2) is 35.2. The molecular formula is C118H98BF2N7O2. The number of rotatable bonds is 14. The summed E-state index contributed by atoms with van der Waals surface area (Å²) in [5.74, 6) is 0.417. The van der Waals surface area contributed by atoms with Crippen LogP contribution in [0.25, 0.3) is 119 Å². The van der Waals surface area contributed by atoms with Gasteiger partial charge in [0, 0.05) is 84.2 Å². The van der Waals surface area contributed by atoms with E-state index in [9.17, 15) is 9.59 Å². The Morgan fingerprint density at radius 1 is 0.331 bits per heavy atom. The summed E-state index contributed by atoms with van der Waals surface area (Å²) in [4.78, 5) is 33.5. The van der Waals surface area contributed by atoms with Crippen molar-refractivity contribution in [2.45, 2.75) is 75.4 Å². The third-order valence-electron chi connectivity index (χ3n) is 25.1. The van der Waals surface area contributed by atoms with Gasteiger partial charge >= 0.3 is 6.97 Å². The number of hydrogen-bond donors (Lipinski definition) is 1. The summed E-state index contributed by atoms with van der Waals surface area (Å²) >= 11 is 0. The van der Waals surface area contributed by atoms with Gasteiger partial charge in [-0.05, 0) is 311 Å². The first-order valence-corrected chi connectivity index (χ1v) is 44.4. The summed E-state index contributed by atoms with van der Waals surface area (Å²) < 4.78 is 39.0. The van der Waals surface area contributed by atoms with E-state index < -0.39 is 13.1 Å². The molecular weight excluding hydrogens is 1600 g/mol. The maximum atomic E-state index is 16.8. The monoisotopic (exact) mass is 1690 g/mol. The van der Waals surface area contributed by atoms with E-state index in [2.05, 4.69) is 312 Å². The van der Waals surface area contributed by atoms with Gasteiger partial charge in [-0.2, -0.15) is 0 Å². The molecule has 5 heterocycles. The fourth-order valence-corrected chi connectivity index (χ4v) is 19.0. The molecule has 0 aliphatic carbocycles. The normalized spacial score (nSPS) is 13.1. The van der Waals surface area contributed by atoms with Crippen molar-refractivity contribution in [2.24, 2.45) is 0 Å². The first-order chi connectivity index (χ1) is 63.1. The highest BCUT2D eigenvalue weighted by molar-refractivity contribution is 6.63. The highest BCUT2D eigenvalue weighted by Gasteiger charge is 2.53. The Labute approximate surface area is 757 Å². The lowest BCUT2D eigenvalue weighted by Gasteiger charge is -2.47. The van der Waals surface area contributed by atoms with Crippen molar-refractivity contribution in [1.82, 2.24) is 9.13 Å². The van der Waals surface area contributed by atoms with Gasteiger partial charge < -0.3 is 36.9 Å². The van der Waals surface area contributed by atoms with E-state index in [1.54, 1.807) is 6.07 Å². The number of para-hydroxylation sites is 4. The van der Waals surface area contributed by atoms with E-state index in [1.165, 1.54) is 76.1 Å². The molecule has 634 valence electrons. The number of nitrogens with zero attached hydrogens (tertiary/aromatic N) is 6. The topological polar surface area (TPSA) is 69.6 Å². The van der Waals surface area contributed by atoms with Crippen molar-refractivity contribution in [3.8, 4) is 33.6 Å². The van der Waals surface area contributed by atoms with Crippen LogP contribution in [0.15, 0.2) is 380 Å². The van der Waals surface area contributed by atoms with Gasteiger partial charge in [0.1, 0.15) is 0 Å². The lowest BCUT2D eigenvalue weighted by molar-refractivity contribution is -0.526. The van der Waals surface area contributed by atoms with Gasteiger partial charge in [-0.25, -0.2) is 0 Å². The molecule has 9 nitrogen and oxygen atoms in total. The molecule has 0 saturated carbocycles. The predicted octanol–water partition coefficient (Wildman–Crippen LogP) is 29.6. The number of nitrogens with one attached hydrogen (secondary N) is 1. The molecule has 2 aliphatic rings. The van der Waals surface area contributed by atoms with Crippen LogP contribution < -0.4 is 35.3 Å². The maximum absolute atomic E-state index is 16.8. The first kappa shape index (κ1) is 83.7. The van der Waals surface area contributed by atoms with E-state index >= 15 is 8.63 Å². The molecule has 16 aromatic carbocycles. The van der Waals surface area contributed by atoms with Gasteiger partial charge in [-0.15, -0.1) is 0 Å². The van der Waals surface area contributed by atoms with Crippen LogP contribution in [0.3, 0.4) is 0 Å². The molecule has 0 bridgehead atoms. The van der Waals surface area contributed by atoms with Crippen molar-refractivity contribution in [1.29, 1.82) is 0 Å². The van der Waals surface area contributed by atoms with Gasteiger partial charge in [0.2, 0.25) is 5.82 Å². The first-order valence-electron chi connectivity index (χ1n) is 44.4. The number of fused-ring (bicyclic) bond motifs is 10. The highest BCUT2D eigenvalue weighted by atomic mass is 19.2. The predicted molar refractivity (Wildman–Crippen MR) is 545 cm³/mol. The molecule has 0 spiro atoms. The number of aromatic nitrogens is 3. The summed E-state index contributed by atoms with van der Waals surface area (Å²) in [6.07, 6.45) is 11.9. The van der Waals surface area contributed by atoms with E-state index in [0.717, 1.165) is 101 Å². The fraction of sp³-hybridized carbons (Fsp3) is 0.0932. The van der Waals surface area contributed by atoms with Crippen LogP contribution in [0.5, 0.6) is 0 Å². The molecule has 21 rings (SSSR count). The smallest absolute Gasteiger partial charge is 0.415 e. The van der Waals surface area contributed by atoms with Crippen LogP contribution in [0, 0.1) is 69.2 Å². The SMILES string of the molecule is Cc1cc(C)c(-c2ccc3c(c2)C=CC2Nc4ccc5cc(-c6c(C)cc(C)cc6C)ccc5[n+]4[B-](F)(F)N32)c(C)c1.Cc1ccc(N(c2ccc(C)cc2)c2ccc(/C=C/c3ccc(/C=C/c4ccc(N(c5ccc(C)cc5)c5ccc(C)cc5)cc4)cc3)cc2)cc1.O=c1c2ccccc2n(-c2ccccc2)c2cc3c(=O)c4ccccc4n(-c4ccccc4)c3cc12. The van der Waals surface area contributed by atoms with Crippen molar-refractivity contribution in [2.75, 3.05) is 19.9 Å². The number of anilines is 8. The largest absolute Gasteiger partial charge is 0.638 e. The number of aryl methyl sites for hydroxylation is 10. The summed E-state index contributed by atoms with van der Waals surface area (Å²) in [5, 5.41) is 6.58. The number of benzene rings is 16. The zero-order chi connectivity index (χ0) is 89.6. The van der Waals surface area contributed by atoms with Gasteiger partial charge in [0.25, 0.3) is 0 Å². The van der Waals surface area contributed by atoms with Crippen LogP contribution >= 0.6 is 0 Å². The quantitative estimate of drug-likeness (QED) is 0.0665. The third kappa shape index (κ3) is 16.5. The van der Waals surface area contributed by atoms with E-state index in [1.807, 2.05) is 176 Å². The third-order valence-corrected chi connectivity index (χ3v) is 25.1. The lowest BCUT2D eigenvalue weighted by atomic mass is 9.83. The molecule has 0 amide bonds. The molecule has 0 saturated heterocycles. The van der Waals surface area contributed by atoms with Crippen LogP contribution in [-0.2, 0) is 0 Å². The minimum atomic E-state index is -4.16. The zero-order valence-electron chi connectivity index (χ0n) is 74.5. The second-order valence-electron chi connectivity index (χ2n) is 34.6. The lowest BCUT2D eigenvalue weighted by Crippen LogP contribution is -2.77. The van der Waals surface area contributed by atoms with E-state index in [4.69, 9.17) is 0 Å². The maximum Gasteiger partial charge on any atom is 0.638 e. The molecule has 1 N–H and O–H groups in total. The fourth-order valence-electron chi connectivity index (χ4n) is 19.0. The molecule has 0 radical (unpaired) electrons. The molecule has 12 heteroatoms. The highest BCUT2D eigenvalue weighted by Crippen LogP contribution is 2.44. The molecule has 0 fully saturated rings. The van der Waals surface area contributed by atoms with Crippen molar-refractivity contribution in [3.63, 3.8) is 0 Å². The summed E-state index contributed by atoms with van der Waals surface area (Å²) in [7, 11) is 0. The number of hydrogen-bond acceptors (Lipinski definition) is 6. The minimum Gasteiger partial charge on any atom is -0.415 e. The minimum absolute atomic E-state index is 0.0464. The standard InChI is InChI=1S/C50H44N2.C36H34BF2N3.C32H20N2O2/c1-37-5-25-45(26-6-37)51(46-27-7-38(2)8-28-46)49-33-21-43(22-34-49)19-17-41-13-15-42(16-14-41)18-20-44-23-35-50(36-24-44)52(47-29-9-39(3)10-30-47)48-31-11-40(4)12-32-48;1-21-15-23(3)35(24(4)16-21)29-7-11-31-27(19-29)9-13-33-40-34-14-10-28-20-30(36-25(5)17-22(2)18-26(36)6)8-12-32(28)42(34)37(38,39)41(31)33;35-31-23-15-7-9-17-27(23)33(21-11-3-1-4-12-21)29-19-26-30(20-25(29)31)34(22-13-5-2-6-14-22)28-18-10-8-16-24(28)32(26)36/h5-36H,1-4H3;7-20,33,40H,1-6H3;1-20H/b19-17+,20-18+;;. The van der Waals surface area contributed by atoms with Gasteiger partial charge in [0.15, 0.2) is 17.0 Å². The van der Waals surface area contributed by atoms with Crippen LogP contribution in [0.1, 0.15) is 83.5 Å². The van der Waals surface area contributed by atoms with Gasteiger partial charge in [0.05, 0.1) is 27.6 Å². The zero-order valence-corrected chi connectivity index (χ0v) is 74.5. The van der Waals surface area contributed by atoms with Crippen molar-refractivity contribution < 1.29 is 13.1 Å². The van der Waals surface area contributed by atoms with E-state index in [-0.39, 0.29) is 10.9 Å². The average molecular weight is 1690 g/mol. The Morgan fingerprint density at radius 3 is 1.07 bits per heavy atom. The molecule has 130 heavy (non-hydrogen) atoms. The average Bonchev–Trinajstić information content (AvgIpc) is 0.715. The molecule has 1 atom stereocenters. The summed E-state index contributed by atoms with van der Waals surface area (Å²) in [6, 6.07) is 124. The Morgan fingerprint density at radius 2 is 0.677 bits per heavy atom. The van der Waals surface area contributed by atoms with Gasteiger partial charge in [-0.1, -0.05) is 258 Å². The molecule has 19 aromatic rings. The Kier molecular flexibility index (Phi) is 22.7. The summed E-state index contributed by atoms with van der Waals surface area (Å²) in [6.45, 7) is 17.0.